The third-order valence-corrected chi connectivity index (χ3v) is 3.19. The summed E-state index contributed by atoms with van der Waals surface area (Å²) >= 11 is 0. The highest BCUT2D eigenvalue weighted by molar-refractivity contribution is 5.76. The number of hydrogen-bond acceptors (Lipinski definition) is 3. The molecule has 0 amide bonds. The van der Waals surface area contributed by atoms with E-state index in [1.165, 1.54) is 12.1 Å². The number of halogens is 1. The molecule has 0 fully saturated rings. The molecule has 0 radical (unpaired) electrons. The lowest BCUT2D eigenvalue weighted by atomic mass is 10.2. The summed E-state index contributed by atoms with van der Waals surface area (Å²) in [5.41, 5.74) is 3.30. The summed E-state index contributed by atoms with van der Waals surface area (Å²) in [6.45, 7) is 0. The molecule has 4 heteroatoms. The van der Waals surface area contributed by atoms with Gasteiger partial charge in [0, 0.05) is 31.9 Å². The quantitative estimate of drug-likeness (QED) is 0.721. The fourth-order valence-electron chi connectivity index (χ4n) is 2.04. The van der Waals surface area contributed by atoms with E-state index in [2.05, 4.69) is 4.98 Å². The first-order valence-corrected chi connectivity index (χ1v) is 6.63. The smallest absolute Gasteiger partial charge is 0.220 e. The van der Waals surface area contributed by atoms with Crippen LogP contribution < -0.4 is 4.90 Å². The van der Waals surface area contributed by atoms with Crippen LogP contribution in [0.5, 0.6) is 0 Å². The van der Waals surface area contributed by atoms with Crippen LogP contribution in [0.25, 0.3) is 23.3 Å². The van der Waals surface area contributed by atoms with Crippen molar-refractivity contribution >= 4 is 28.9 Å². The average molecular weight is 282 g/mol. The van der Waals surface area contributed by atoms with Crippen LogP contribution in [0.15, 0.2) is 46.9 Å². The highest BCUT2D eigenvalue weighted by Gasteiger charge is 2.04. The van der Waals surface area contributed by atoms with E-state index in [0.717, 1.165) is 11.3 Å². The van der Waals surface area contributed by atoms with E-state index in [4.69, 9.17) is 4.42 Å². The molecule has 0 spiro atoms. The zero-order valence-electron chi connectivity index (χ0n) is 11.9. The molecular weight excluding hydrogens is 267 g/mol. The van der Waals surface area contributed by atoms with Crippen LogP contribution >= 0.6 is 0 Å². The predicted molar refractivity (Wildman–Crippen MR) is 83.7 cm³/mol. The number of anilines is 1. The molecule has 0 saturated heterocycles. The maximum Gasteiger partial charge on any atom is 0.220 e. The Morgan fingerprint density at radius 3 is 2.52 bits per heavy atom. The Morgan fingerprint density at radius 1 is 1.05 bits per heavy atom. The fraction of sp³-hybridized carbons (Fsp3) is 0.118. The fourth-order valence-corrected chi connectivity index (χ4v) is 2.04. The van der Waals surface area contributed by atoms with Gasteiger partial charge in [-0.25, -0.2) is 9.37 Å². The van der Waals surface area contributed by atoms with E-state index in [-0.39, 0.29) is 5.82 Å². The van der Waals surface area contributed by atoms with Crippen molar-refractivity contribution in [3.05, 3.63) is 59.7 Å². The van der Waals surface area contributed by atoms with Gasteiger partial charge in [0.2, 0.25) is 5.89 Å². The highest BCUT2D eigenvalue weighted by Crippen LogP contribution is 2.19. The standard InChI is InChI=1S/C17H15FN2O/c1-20(2)14-7-3-12(4-8-14)5-10-17-19-15-9-6-13(18)11-16(15)21-17/h3-11H,1-2H3. The lowest BCUT2D eigenvalue weighted by Crippen LogP contribution is -2.07. The van der Waals surface area contributed by atoms with Crippen molar-refractivity contribution in [1.29, 1.82) is 0 Å². The number of hydrogen-bond donors (Lipinski definition) is 0. The minimum absolute atomic E-state index is 0.326. The summed E-state index contributed by atoms with van der Waals surface area (Å²) in [7, 11) is 4.00. The monoisotopic (exact) mass is 282 g/mol. The number of oxazole rings is 1. The Labute approximate surface area is 122 Å². The number of nitrogens with zero attached hydrogens (tertiary/aromatic N) is 2. The van der Waals surface area contributed by atoms with Crippen LogP contribution in [0.1, 0.15) is 11.5 Å². The van der Waals surface area contributed by atoms with Gasteiger partial charge >= 0.3 is 0 Å². The third kappa shape index (κ3) is 2.94. The van der Waals surface area contributed by atoms with E-state index < -0.39 is 0 Å². The molecule has 21 heavy (non-hydrogen) atoms. The predicted octanol–water partition coefficient (Wildman–Crippen LogP) is 4.20. The van der Waals surface area contributed by atoms with Crippen molar-refractivity contribution in [2.24, 2.45) is 0 Å². The molecule has 2 aromatic carbocycles. The Morgan fingerprint density at radius 2 is 1.81 bits per heavy atom. The number of rotatable bonds is 3. The highest BCUT2D eigenvalue weighted by atomic mass is 19.1. The summed E-state index contributed by atoms with van der Waals surface area (Å²) in [5.74, 6) is 0.140. The summed E-state index contributed by atoms with van der Waals surface area (Å²) in [6, 6.07) is 12.5. The molecule has 106 valence electrons. The SMILES string of the molecule is CN(C)c1ccc(C=Cc2nc3ccc(F)cc3o2)cc1. The molecular formula is C17H15FN2O. The summed E-state index contributed by atoms with van der Waals surface area (Å²) in [4.78, 5) is 6.33. The Balaban J connectivity index is 1.83. The minimum Gasteiger partial charge on any atom is -0.437 e. The van der Waals surface area contributed by atoms with E-state index in [9.17, 15) is 4.39 Å². The Hall–Kier alpha value is -2.62. The zero-order chi connectivity index (χ0) is 14.8. The lowest BCUT2D eigenvalue weighted by Gasteiger charge is -2.11. The van der Waals surface area contributed by atoms with E-state index in [1.54, 1.807) is 12.1 Å². The van der Waals surface area contributed by atoms with Gasteiger partial charge in [0.05, 0.1) is 0 Å². The van der Waals surface area contributed by atoms with Crippen molar-refractivity contribution in [3.8, 4) is 0 Å². The molecule has 1 heterocycles. The molecule has 0 atom stereocenters. The van der Waals surface area contributed by atoms with Gasteiger partial charge in [-0.2, -0.15) is 0 Å². The van der Waals surface area contributed by atoms with Crippen LogP contribution in [-0.2, 0) is 0 Å². The molecule has 0 unspecified atom stereocenters. The van der Waals surface area contributed by atoms with Crippen LogP contribution in [0.4, 0.5) is 10.1 Å². The number of aromatic nitrogens is 1. The van der Waals surface area contributed by atoms with Gasteiger partial charge in [0.15, 0.2) is 5.58 Å². The molecule has 3 nitrogen and oxygen atoms in total. The summed E-state index contributed by atoms with van der Waals surface area (Å²) < 4.78 is 18.6. The average Bonchev–Trinajstić information content (AvgIpc) is 2.87. The summed E-state index contributed by atoms with van der Waals surface area (Å²) in [5, 5.41) is 0. The molecule has 1 aromatic heterocycles. The zero-order valence-corrected chi connectivity index (χ0v) is 11.9. The third-order valence-electron chi connectivity index (χ3n) is 3.19. The van der Waals surface area contributed by atoms with Gasteiger partial charge in [-0.3, -0.25) is 0 Å². The second-order valence-corrected chi connectivity index (χ2v) is 4.98. The van der Waals surface area contributed by atoms with Gasteiger partial charge in [-0.1, -0.05) is 12.1 Å². The maximum absolute atomic E-state index is 13.1. The molecule has 0 aliphatic heterocycles. The minimum atomic E-state index is -0.326. The van der Waals surface area contributed by atoms with Crippen molar-refractivity contribution in [2.45, 2.75) is 0 Å². The molecule has 0 aliphatic rings. The molecule has 3 rings (SSSR count). The van der Waals surface area contributed by atoms with Crippen molar-refractivity contribution < 1.29 is 8.81 Å². The molecule has 3 aromatic rings. The van der Waals surface area contributed by atoms with Gasteiger partial charge in [-0.15, -0.1) is 0 Å². The van der Waals surface area contributed by atoms with Crippen molar-refractivity contribution in [1.82, 2.24) is 4.98 Å². The van der Waals surface area contributed by atoms with Crippen LogP contribution in [0.2, 0.25) is 0 Å². The first-order chi connectivity index (χ1) is 10.1. The number of benzene rings is 2. The van der Waals surface area contributed by atoms with E-state index in [0.29, 0.717) is 17.0 Å². The van der Waals surface area contributed by atoms with Crippen LogP contribution in [0.3, 0.4) is 0 Å². The Kier molecular flexibility index (Phi) is 3.44. The van der Waals surface area contributed by atoms with Crippen molar-refractivity contribution in [2.75, 3.05) is 19.0 Å². The first-order valence-electron chi connectivity index (χ1n) is 6.63. The molecule has 0 saturated carbocycles. The summed E-state index contributed by atoms with van der Waals surface area (Å²) in [6.07, 6.45) is 3.70. The second kappa shape index (κ2) is 5.40. The Bertz CT molecular complexity index is 788. The van der Waals surface area contributed by atoms with Gasteiger partial charge in [-0.05, 0) is 35.9 Å². The largest absolute Gasteiger partial charge is 0.437 e. The molecule has 0 bridgehead atoms. The van der Waals surface area contributed by atoms with Crippen LogP contribution in [-0.4, -0.2) is 19.1 Å². The van der Waals surface area contributed by atoms with E-state index in [1.807, 2.05) is 49.3 Å². The van der Waals surface area contributed by atoms with Gasteiger partial charge in [0.1, 0.15) is 11.3 Å². The maximum atomic E-state index is 13.1. The second-order valence-electron chi connectivity index (χ2n) is 4.98. The number of fused-ring (bicyclic) bond motifs is 1. The first kappa shape index (κ1) is 13.4. The lowest BCUT2D eigenvalue weighted by molar-refractivity contribution is 0.581. The molecule has 0 N–H and O–H groups in total. The topological polar surface area (TPSA) is 29.3 Å². The van der Waals surface area contributed by atoms with E-state index >= 15 is 0 Å². The van der Waals surface area contributed by atoms with Gasteiger partial charge in [0.25, 0.3) is 0 Å². The van der Waals surface area contributed by atoms with Crippen molar-refractivity contribution in [3.63, 3.8) is 0 Å². The normalized spacial score (nSPS) is 11.4. The molecule has 0 aliphatic carbocycles. The van der Waals surface area contributed by atoms with Gasteiger partial charge < -0.3 is 9.32 Å². The van der Waals surface area contributed by atoms with Crippen LogP contribution in [0, 0.1) is 5.82 Å².